The molecular formula is C48H63N13O8. The number of aryl methyl sites for hydroxylation is 1. The second-order valence-corrected chi connectivity index (χ2v) is 17.6. The summed E-state index contributed by atoms with van der Waals surface area (Å²) in [4.78, 5) is 84.9. The minimum Gasteiger partial charge on any atom is -0.492 e. The molecule has 2 aromatic heterocycles. The highest BCUT2D eigenvalue weighted by molar-refractivity contribution is 6.02. The number of aromatic nitrogens is 3. The standard InChI is InChI=1S/C48H63N13O8/c1-27-39(41(53)60-42(56-27)34-10-9-31(26-55-34)67-20-14-48(3,4)5)45(64)58-35(13-15-49)47(66)61(6)40-30-8-12-38(69-22-18-52)33(25-30)32-23-29(7-11-37(32)68-21-17-51)24-36(44(63)54-19-16-50)59-43(62)28(2)57-46(40)65/h7-12,23,25-26,28,35-36,40H,13-15,17-22,24,49,51-52H2,1-6H3,(H,54,63)(H,57,65)(H,58,64)(H,59,62)(H2,53,56,60)/t28-,35?,36-,40-/m0/s1. The van der Waals surface area contributed by atoms with E-state index in [0.717, 1.165) is 11.3 Å². The lowest BCUT2D eigenvalue weighted by atomic mass is 9.93. The summed E-state index contributed by atoms with van der Waals surface area (Å²) in [6.07, 6.45) is 2.33. The minimum absolute atomic E-state index is 0.0128. The molecule has 69 heavy (non-hydrogen) atoms. The van der Waals surface area contributed by atoms with Gasteiger partial charge in [-0.25, -0.2) is 15.0 Å². The quantitative estimate of drug-likeness (QED) is 0.0654. The summed E-state index contributed by atoms with van der Waals surface area (Å²) in [6.45, 7) is 10.1. The highest BCUT2D eigenvalue weighted by atomic mass is 16.5. The third-order valence-corrected chi connectivity index (χ3v) is 11.0. The number of nitrogen functional groups attached to an aromatic ring is 1. The monoisotopic (exact) mass is 949 g/mol. The van der Waals surface area contributed by atoms with E-state index in [9.17, 15) is 29.2 Å². The first-order valence-corrected chi connectivity index (χ1v) is 22.6. The number of likely N-dealkylation sites (N-methyl/N-ethyl adjacent to an activating group) is 1. The van der Waals surface area contributed by atoms with Gasteiger partial charge in [0.15, 0.2) is 5.82 Å². The fraction of sp³-hybridized carbons (Fsp3) is 0.438. The minimum atomic E-state index is -1.45. The fourth-order valence-corrected chi connectivity index (χ4v) is 7.42. The van der Waals surface area contributed by atoms with Gasteiger partial charge in [-0.15, -0.1) is 0 Å². The zero-order valence-corrected chi connectivity index (χ0v) is 39.9. The van der Waals surface area contributed by atoms with E-state index in [1.165, 1.54) is 14.0 Å². The van der Waals surface area contributed by atoms with Crippen LogP contribution in [-0.4, -0.2) is 121 Å². The van der Waals surface area contributed by atoms with Crippen molar-refractivity contribution in [3.63, 3.8) is 0 Å². The summed E-state index contributed by atoms with van der Waals surface area (Å²) in [5.74, 6) is -2.32. The molecule has 0 spiro atoms. The zero-order chi connectivity index (χ0) is 50.4. The van der Waals surface area contributed by atoms with E-state index in [2.05, 4.69) is 57.0 Å². The molecule has 5 amide bonds. The van der Waals surface area contributed by atoms with Gasteiger partial charge in [0.25, 0.3) is 5.91 Å². The molecule has 0 radical (unpaired) electrons. The molecule has 1 aliphatic heterocycles. The number of hydrogen-bond acceptors (Lipinski definition) is 16. The number of carbonyl (C=O) groups is 5. The summed E-state index contributed by atoms with van der Waals surface area (Å²) in [5.41, 5.74) is 26.5. The average molecular weight is 950 g/mol. The van der Waals surface area contributed by atoms with Crippen LogP contribution < -0.4 is 58.4 Å². The average Bonchev–Trinajstić information content (AvgIpc) is 3.30. The van der Waals surface area contributed by atoms with E-state index in [4.69, 9.17) is 37.1 Å². The van der Waals surface area contributed by atoms with Gasteiger partial charge >= 0.3 is 0 Å². The molecule has 0 fully saturated rings. The SMILES string of the molecule is Cc1nc(-c2ccc(OCCC(C)(C)C)cn2)nc(N)c1C(=O)NC(CCN)C(=O)N(C)[C@@H]1C(=O)N[C@@H](C)C(=O)N[C@H](C(=O)NCC#N)Cc2ccc(OCCN)c(c2)-c2cc1ccc2OCCN. The smallest absolute Gasteiger partial charge is 0.257 e. The number of nitrogens with one attached hydrogen (secondary N) is 4. The number of fused-ring (bicyclic) bond motifs is 5. The second-order valence-electron chi connectivity index (χ2n) is 17.6. The van der Waals surface area contributed by atoms with Crippen LogP contribution in [0.3, 0.4) is 0 Å². The predicted molar refractivity (Wildman–Crippen MR) is 257 cm³/mol. The first-order chi connectivity index (χ1) is 32.9. The van der Waals surface area contributed by atoms with E-state index in [1.54, 1.807) is 61.7 Å². The van der Waals surface area contributed by atoms with Crippen LogP contribution in [0.5, 0.6) is 17.2 Å². The molecule has 21 heteroatoms. The molecule has 21 nitrogen and oxygen atoms in total. The van der Waals surface area contributed by atoms with Crippen LogP contribution in [0.25, 0.3) is 22.6 Å². The van der Waals surface area contributed by atoms with Gasteiger partial charge in [-0.3, -0.25) is 24.0 Å². The number of hydrogen-bond donors (Lipinski definition) is 8. The molecule has 4 atom stereocenters. The molecule has 2 aromatic carbocycles. The maximum absolute atomic E-state index is 14.7. The van der Waals surface area contributed by atoms with E-state index in [1.807, 2.05) is 6.07 Å². The van der Waals surface area contributed by atoms with Gasteiger partial charge < -0.3 is 63.3 Å². The second kappa shape index (κ2) is 24.0. The predicted octanol–water partition coefficient (Wildman–Crippen LogP) is 1.42. The van der Waals surface area contributed by atoms with Gasteiger partial charge in [0, 0.05) is 37.7 Å². The Hall–Kier alpha value is -7.41. The highest BCUT2D eigenvalue weighted by Gasteiger charge is 2.36. The molecule has 3 heterocycles. The summed E-state index contributed by atoms with van der Waals surface area (Å²) in [5, 5.41) is 19.8. The maximum atomic E-state index is 14.7. The Balaban J connectivity index is 1.52. The first-order valence-electron chi connectivity index (χ1n) is 22.6. The zero-order valence-electron chi connectivity index (χ0n) is 39.9. The number of rotatable bonds is 18. The largest absolute Gasteiger partial charge is 0.492 e. The molecule has 0 aliphatic carbocycles. The highest BCUT2D eigenvalue weighted by Crippen LogP contribution is 2.40. The van der Waals surface area contributed by atoms with E-state index in [-0.39, 0.29) is 86.1 Å². The number of nitrogens with zero attached hydrogens (tertiary/aromatic N) is 5. The summed E-state index contributed by atoms with van der Waals surface area (Å²) < 4.78 is 18.0. The van der Waals surface area contributed by atoms with Gasteiger partial charge in [-0.1, -0.05) is 32.9 Å². The van der Waals surface area contributed by atoms with Crippen molar-refractivity contribution in [2.75, 3.05) is 58.8 Å². The van der Waals surface area contributed by atoms with E-state index >= 15 is 0 Å². The van der Waals surface area contributed by atoms with Crippen molar-refractivity contribution in [2.45, 2.75) is 78.0 Å². The third-order valence-electron chi connectivity index (χ3n) is 11.0. The van der Waals surface area contributed by atoms with Crippen molar-refractivity contribution in [1.29, 1.82) is 5.26 Å². The topological polar surface area (TPSA) is 331 Å². The number of nitrogens with two attached hydrogens (primary N) is 4. The Morgan fingerprint density at radius 3 is 2.20 bits per heavy atom. The van der Waals surface area contributed by atoms with Crippen molar-refractivity contribution in [3.8, 4) is 46.0 Å². The molecule has 1 unspecified atom stereocenters. The number of carbonyl (C=O) groups excluding carboxylic acids is 5. The molecule has 0 saturated carbocycles. The van der Waals surface area contributed by atoms with Gasteiger partial charge in [-0.2, -0.15) is 5.26 Å². The van der Waals surface area contributed by atoms with Gasteiger partial charge in [0.05, 0.1) is 24.6 Å². The van der Waals surface area contributed by atoms with Crippen molar-refractivity contribution in [1.82, 2.24) is 41.1 Å². The molecule has 5 rings (SSSR count). The van der Waals surface area contributed by atoms with Crippen molar-refractivity contribution in [3.05, 3.63) is 77.1 Å². The van der Waals surface area contributed by atoms with Crippen molar-refractivity contribution in [2.24, 2.45) is 22.6 Å². The Bertz CT molecular complexity index is 2500. The number of amides is 5. The van der Waals surface area contributed by atoms with Gasteiger partial charge in [0.2, 0.25) is 23.6 Å². The van der Waals surface area contributed by atoms with Crippen LogP contribution in [0.15, 0.2) is 54.7 Å². The van der Waals surface area contributed by atoms with E-state index < -0.39 is 53.7 Å². The van der Waals surface area contributed by atoms with Gasteiger partial charge in [-0.05, 0) is 86.2 Å². The van der Waals surface area contributed by atoms with Crippen LogP contribution in [-0.2, 0) is 25.6 Å². The lowest BCUT2D eigenvalue weighted by Gasteiger charge is -2.32. The lowest BCUT2D eigenvalue weighted by Crippen LogP contribution is -2.56. The Kier molecular flexibility index (Phi) is 18.3. The van der Waals surface area contributed by atoms with Crippen LogP contribution in [0.4, 0.5) is 5.82 Å². The third kappa shape index (κ3) is 13.8. The van der Waals surface area contributed by atoms with Crippen LogP contribution in [0, 0.1) is 23.7 Å². The summed E-state index contributed by atoms with van der Waals surface area (Å²) in [6, 6.07) is 10.2. The Labute approximate surface area is 401 Å². The number of anilines is 1. The van der Waals surface area contributed by atoms with E-state index in [0.29, 0.717) is 46.2 Å². The fourth-order valence-electron chi connectivity index (χ4n) is 7.42. The molecule has 0 saturated heterocycles. The number of ether oxygens (including phenoxy) is 3. The van der Waals surface area contributed by atoms with Crippen LogP contribution >= 0.6 is 0 Å². The lowest BCUT2D eigenvalue weighted by molar-refractivity contribution is -0.141. The number of nitriles is 1. The molecule has 368 valence electrons. The first kappa shape index (κ1) is 52.6. The van der Waals surface area contributed by atoms with Crippen molar-refractivity contribution >= 4 is 35.4 Å². The number of benzene rings is 2. The molecule has 4 aromatic rings. The number of pyridine rings is 1. The normalized spacial score (nSPS) is 16.4. The molecule has 4 bridgehead atoms. The Morgan fingerprint density at radius 2 is 1.59 bits per heavy atom. The van der Waals surface area contributed by atoms with Crippen molar-refractivity contribution < 1.29 is 38.2 Å². The van der Waals surface area contributed by atoms with Crippen LogP contribution in [0.1, 0.15) is 73.8 Å². The maximum Gasteiger partial charge on any atom is 0.257 e. The van der Waals surface area contributed by atoms with Crippen LogP contribution in [0.2, 0.25) is 0 Å². The Morgan fingerprint density at radius 1 is 0.913 bits per heavy atom. The molecule has 1 aliphatic rings. The van der Waals surface area contributed by atoms with Gasteiger partial charge in [0.1, 0.15) is 78.2 Å². The molecule has 12 N–H and O–H groups in total. The molecular weight excluding hydrogens is 887 g/mol. The summed E-state index contributed by atoms with van der Waals surface area (Å²) >= 11 is 0. The summed E-state index contributed by atoms with van der Waals surface area (Å²) in [7, 11) is 1.38.